The minimum atomic E-state index is -4.02. The van der Waals surface area contributed by atoms with E-state index in [1.54, 1.807) is 12.1 Å². The molecule has 0 radical (unpaired) electrons. The predicted octanol–water partition coefficient (Wildman–Crippen LogP) is 4.50. The van der Waals surface area contributed by atoms with Gasteiger partial charge in [-0.15, -0.1) is 0 Å². The smallest absolute Gasteiger partial charge is 0.407 e. The molecule has 1 saturated carbocycles. The lowest BCUT2D eigenvalue weighted by Crippen LogP contribution is -2.51. The topological polar surface area (TPSA) is 124 Å². The number of rotatable bonds is 13. The van der Waals surface area contributed by atoms with Crippen molar-refractivity contribution in [3.8, 4) is 5.75 Å². The predicted molar refractivity (Wildman–Crippen MR) is 165 cm³/mol. The quantitative estimate of drug-likeness (QED) is 0.332. The molecular formula is C33H46N2O8S. The summed E-state index contributed by atoms with van der Waals surface area (Å²) >= 11 is 0. The zero-order valence-electron chi connectivity index (χ0n) is 25.7. The lowest BCUT2D eigenvalue weighted by molar-refractivity contribution is -0.106. The van der Waals surface area contributed by atoms with E-state index in [9.17, 15) is 18.3 Å². The van der Waals surface area contributed by atoms with Crippen molar-refractivity contribution in [3.63, 3.8) is 0 Å². The van der Waals surface area contributed by atoms with Crippen LogP contribution in [-0.2, 0) is 30.7 Å². The van der Waals surface area contributed by atoms with E-state index in [0.717, 1.165) is 44.3 Å². The Labute approximate surface area is 261 Å². The van der Waals surface area contributed by atoms with Gasteiger partial charge in [-0.3, -0.25) is 0 Å². The average Bonchev–Trinajstić information content (AvgIpc) is 3.59. The summed E-state index contributed by atoms with van der Waals surface area (Å²) in [4.78, 5) is 13.1. The second-order valence-corrected chi connectivity index (χ2v) is 14.5. The molecule has 2 saturated heterocycles. The largest absolute Gasteiger partial charge is 0.465 e. The fourth-order valence-corrected chi connectivity index (χ4v) is 7.98. The zero-order valence-corrected chi connectivity index (χ0v) is 26.5. The van der Waals surface area contributed by atoms with Gasteiger partial charge in [0.25, 0.3) is 0 Å². The third kappa shape index (κ3) is 8.72. The van der Waals surface area contributed by atoms with Gasteiger partial charge in [0.05, 0.1) is 29.8 Å². The molecule has 11 heteroatoms. The molecule has 3 unspecified atom stereocenters. The van der Waals surface area contributed by atoms with Crippen LogP contribution in [0.2, 0.25) is 0 Å². The SMILES string of the molecule is CC(C)CN(C[C@@H](O)[C@H](Cc1ccccc1)NC(=O)OC1CC2CCO[C@@H]2C1)S(=O)(=O)c1cccc(OC2CCCCO2)c1. The van der Waals surface area contributed by atoms with Crippen LogP contribution in [0.25, 0.3) is 0 Å². The van der Waals surface area contributed by atoms with E-state index in [-0.39, 0.29) is 36.1 Å². The first kappa shape index (κ1) is 32.7. The Morgan fingerprint density at radius 3 is 2.57 bits per heavy atom. The van der Waals surface area contributed by atoms with Crippen LogP contribution in [0.5, 0.6) is 5.75 Å². The number of fused-ring (bicyclic) bond motifs is 1. The molecule has 5 rings (SSSR count). The molecular weight excluding hydrogens is 584 g/mol. The van der Waals surface area contributed by atoms with E-state index >= 15 is 0 Å². The Morgan fingerprint density at radius 1 is 1.02 bits per heavy atom. The molecule has 0 bridgehead atoms. The summed E-state index contributed by atoms with van der Waals surface area (Å²) in [6, 6.07) is 15.1. The summed E-state index contributed by atoms with van der Waals surface area (Å²) in [5.74, 6) is 0.810. The molecule has 2 N–H and O–H groups in total. The maximum Gasteiger partial charge on any atom is 0.407 e. The van der Waals surface area contributed by atoms with Gasteiger partial charge < -0.3 is 29.4 Å². The summed E-state index contributed by atoms with van der Waals surface area (Å²) in [5, 5.41) is 14.4. The number of hydrogen-bond acceptors (Lipinski definition) is 8. The number of aliphatic hydroxyl groups is 1. The van der Waals surface area contributed by atoms with Gasteiger partial charge in [-0.05, 0) is 61.6 Å². The lowest BCUT2D eigenvalue weighted by atomic mass is 10.0. The summed E-state index contributed by atoms with van der Waals surface area (Å²) < 4.78 is 52.3. The van der Waals surface area contributed by atoms with Crippen LogP contribution < -0.4 is 10.1 Å². The van der Waals surface area contributed by atoms with Gasteiger partial charge in [0, 0.05) is 38.6 Å². The second kappa shape index (κ2) is 15.1. The molecule has 44 heavy (non-hydrogen) atoms. The first-order valence-corrected chi connectivity index (χ1v) is 17.3. The van der Waals surface area contributed by atoms with Crippen LogP contribution in [0.3, 0.4) is 0 Å². The molecule has 0 spiro atoms. The van der Waals surface area contributed by atoms with Gasteiger partial charge in [0.15, 0.2) is 6.29 Å². The van der Waals surface area contributed by atoms with E-state index < -0.39 is 34.6 Å². The van der Waals surface area contributed by atoms with Crippen LogP contribution in [0.4, 0.5) is 4.79 Å². The Kier molecular flexibility index (Phi) is 11.2. The molecule has 0 aromatic heterocycles. The van der Waals surface area contributed by atoms with Gasteiger partial charge >= 0.3 is 6.09 Å². The van der Waals surface area contributed by atoms with Crippen molar-refractivity contribution in [2.24, 2.45) is 11.8 Å². The van der Waals surface area contributed by atoms with Crippen molar-refractivity contribution in [2.75, 3.05) is 26.3 Å². The Hall–Kier alpha value is -2.70. The molecule has 242 valence electrons. The first-order chi connectivity index (χ1) is 21.2. The first-order valence-electron chi connectivity index (χ1n) is 15.9. The van der Waals surface area contributed by atoms with Gasteiger partial charge in [-0.25, -0.2) is 13.2 Å². The number of sulfonamides is 1. The molecule has 2 aromatic rings. The van der Waals surface area contributed by atoms with E-state index in [2.05, 4.69) is 5.32 Å². The number of nitrogens with zero attached hydrogens (tertiary/aromatic N) is 1. The number of hydrogen-bond donors (Lipinski definition) is 2. The third-order valence-electron chi connectivity index (χ3n) is 8.56. The van der Waals surface area contributed by atoms with Crippen molar-refractivity contribution < 1.29 is 37.3 Å². The number of aliphatic hydroxyl groups excluding tert-OH is 1. The normalized spacial score (nSPS) is 25.0. The number of alkyl carbamates (subject to hydrolysis) is 1. The molecule has 1 amide bonds. The van der Waals surface area contributed by atoms with Crippen LogP contribution >= 0.6 is 0 Å². The monoisotopic (exact) mass is 630 g/mol. The number of carbonyl (C=O) groups is 1. The molecule has 3 aliphatic rings. The molecule has 2 heterocycles. The lowest BCUT2D eigenvalue weighted by Gasteiger charge is -2.31. The van der Waals surface area contributed by atoms with Gasteiger partial charge in [0.2, 0.25) is 10.0 Å². The van der Waals surface area contributed by atoms with E-state index in [1.165, 1.54) is 16.4 Å². The minimum absolute atomic E-state index is 0.0124. The van der Waals surface area contributed by atoms with Crippen LogP contribution in [-0.4, -0.2) is 80.9 Å². The molecule has 1 aliphatic carbocycles. The maximum atomic E-state index is 14.0. The number of nitrogens with one attached hydrogen (secondary N) is 1. The Bertz CT molecular complexity index is 1310. The highest BCUT2D eigenvalue weighted by Crippen LogP contribution is 2.37. The summed E-state index contributed by atoms with van der Waals surface area (Å²) in [7, 11) is -4.02. The third-order valence-corrected chi connectivity index (χ3v) is 10.4. The highest BCUT2D eigenvalue weighted by atomic mass is 32.2. The molecule has 2 aromatic carbocycles. The highest BCUT2D eigenvalue weighted by molar-refractivity contribution is 7.89. The molecule has 10 nitrogen and oxygen atoms in total. The van der Waals surface area contributed by atoms with E-state index in [4.69, 9.17) is 18.9 Å². The summed E-state index contributed by atoms with van der Waals surface area (Å²) in [5.41, 5.74) is 0.897. The number of carbonyl (C=O) groups excluding carboxylic acids is 1. The van der Waals surface area contributed by atoms with Gasteiger partial charge in [-0.2, -0.15) is 4.31 Å². The molecule has 2 aliphatic heterocycles. The van der Waals surface area contributed by atoms with Gasteiger partial charge in [0.1, 0.15) is 11.9 Å². The Balaban J connectivity index is 1.30. The number of benzene rings is 2. The maximum absolute atomic E-state index is 14.0. The molecule has 3 fully saturated rings. The molecule has 6 atom stereocenters. The number of amides is 1. The van der Waals surface area contributed by atoms with Crippen molar-refractivity contribution in [2.45, 2.75) is 94.3 Å². The minimum Gasteiger partial charge on any atom is -0.465 e. The van der Waals surface area contributed by atoms with Crippen molar-refractivity contribution >= 4 is 16.1 Å². The van der Waals surface area contributed by atoms with Crippen molar-refractivity contribution in [1.29, 1.82) is 0 Å². The highest BCUT2D eigenvalue weighted by Gasteiger charge is 2.40. The van der Waals surface area contributed by atoms with E-state index in [1.807, 2.05) is 44.2 Å². The van der Waals surface area contributed by atoms with Crippen molar-refractivity contribution in [1.82, 2.24) is 9.62 Å². The summed E-state index contributed by atoms with van der Waals surface area (Å²) in [6.07, 6.45) is 3.08. The zero-order chi connectivity index (χ0) is 31.1. The fourth-order valence-electron chi connectivity index (χ4n) is 6.33. The van der Waals surface area contributed by atoms with Crippen LogP contribution in [0, 0.1) is 11.8 Å². The average molecular weight is 631 g/mol. The van der Waals surface area contributed by atoms with Crippen LogP contribution in [0.15, 0.2) is 59.5 Å². The van der Waals surface area contributed by atoms with Gasteiger partial charge in [-0.1, -0.05) is 50.2 Å². The van der Waals surface area contributed by atoms with Crippen LogP contribution in [0.1, 0.15) is 57.9 Å². The standard InChI is InChI=1S/C33H46N2O8S/c1-23(2)21-35(44(38,39)28-12-8-11-26(19-28)42-32-13-6-7-15-41-32)22-30(36)29(17-24-9-4-3-5-10-24)34-33(37)43-27-18-25-14-16-40-31(25)20-27/h3-5,8-12,19,23,25,27,29-32,36H,6-7,13-18,20-22H2,1-2H3,(H,34,37)/t25?,27?,29-,30+,31+,32?/m0/s1. The summed E-state index contributed by atoms with van der Waals surface area (Å²) in [6.45, 7) is 5.19. The second-order valence-electron chi connectivity index (χ2n) is 12.6. The fraction of sp³-hybridized carbons (Fsp3) is 0.606. The number of ether oxygens (including phenoxy) is 4. The Morgan fingerprint density at radius 2 is 1.84 bits per heavy atom. The van der Waals surface area contributed by atoms with Crippen molar-refractivity contribution in [3.05, 3.63) is 60.2 Å². The van der Waals surface area contributed by atoms with E-state index in [0.29, 0.717) is 31.1 Å².